The lowest BCUT2D eigenvalue weighted by molar-refractivity contribution is -0.140. The van der Waals surface area contributed by atoms with Crippen LogP contribution in [0.5, 0.6) is 0 Å². The zero-order valence-electron chi connectivity index (χ0n) is 11.1. The summed E-state index contributed by atoms with van der Waals surface area (Å²) in [6.07, 6.45) is 0. The highest BCUT2D eigenvalue weighted by Crippen LogP contribution is 2.18. The number of thioether (sulfide) groups is 1. The third kappa shape index (κ3) is 4.70. The van der Waals surface area contributed by atoms with Gasteiger partial charge in [0.1, 0.15) is 6.04 Å². The first kappa shape index (κ1) is 15.1. The number of rotatable bonds is 7. The third-order valence-electron chi connectivity index (χ3n) is 2.67. The van der Waals surface area contributed by atoms with Crippen LogP contribution in [0.4, 0.5) is 0 Å². The first-order valence-electron chi connectivity index (χ1n) is 6.22. The molecule has 2 N–H and O–H groups in total. The second kappa shape index (κ2) is 7.44. The van der Waals surface area contributed by atoms with Crippen molar-refractivity contribution in [2.45, 2.75) is 38.3 Å². The van der Waals surface area contributed by atoms with E-state index in [2.05, 4.69) is 24.4 Å². The zero-order valence-corrected chi connectivity index (χ0v) is 12.0. The Kier molecular flexibility index (Phi) is 6.22. The molecular formula is C14H21NO2S. The number of carboxylic acid groups (broad SMARTS) is 1. The Hall–Kier alpha value is -1.00. The van der Waals surface area contributed by atoms with Crippen LogP contribution in [0.3, 0.4) is 0 Å². The molecule has 0 saturated heterocycles. The molecule has 4 heteroatoms. The highest BCUT2D eigenvalue weighted by Gasteiger charge is 2.20. The first-order chi connectivity index (χ1) is 8.54. The Morgan fingerprint density at radius 3 is 2.72 bits per heavy atom. The lowest BCUT2D eigenvalue weighted by Gasteiger charge is -2.18. The van der Waals surface area contributed by atoms with Gasteiger partial charge in [0.2, 0.25) is 0 Å². The monoisotopic (exact) mass is 267 g/mol. The zero-order chi connectivity index (χ0) is 13.5. The van der Waals surface area contributed by atoms with E-state index in [4.69, 9.17) is 5.11 Å². The molecule has 0 aliphatic heterocycles. The normalized spacial score (nSPS) is 12.7. The van der Waals surface area contributed by atoms with Crippen LogP contribution in [-0.4, -0.2) is 22.9 Å². The molecule has 0 heterocycles. The first-order valence-corrected chi connectivity index (χ1v) is 7.21. The van der Waals surface area contributed by atoms with Crippen LogP contribution >= 0.6 is 11.8 Å². The summed E-state index contributed by atoms with van der Waals surface area (Å²) < 4.78 is 0. The summed E-state index contributed by atoms with van der Waals surface area (Å²) in [5, 5.41) is 12.2. The number of hydrogen-bond acceptors (Lipinski definition) is 3. The van der Waals surface area contributed by atoms with Crippen molar-refractivity contribution >= 4 is 17.7 Å². The van der Waals surface area contributed by atoms with E-state index < -0.39 is 12.0 Å². The lowest BCUT2D eigenvalue weighted by atomic mass is 10.0. The van der Waals surface area contributed by atoms with Crippen LogP contribution in [0.25, 0.3) is 0 Å². The summed E-state index contributed by atoms with van der Waals surface area (Å²) >= 11 is 1.79. The Balaban J connectivity index is 2.61. The second-order valence-electron chi connectivity index (χ2n) is 4.52. The van der Waals surface area contributed by atoms with Gasteiger partial charge in [0.05, 0.1) is 0 Å². The molecule has 0 unspecified atom stereocenters. The smallest absolute Gasteiger partial charge is 0.320 e. The van der Waals surface area contributed by atoms with Gasteiger partial charge in [0, 0.05) is 11.4 Å². The molecule has 100 valence electrons. The van der Waals surface area contributed by atoms with Gasteiger partial charge < -0.3 is 10.4 Å². The van der Waals surface area contributed by atoms with Crippen molar-refractivity contribution in [3.05, 3.63) is 29.8 Å². The molecular weight excluding hydrogens is 246 g/mol. The van der Waals surface area contributed by atoms with Crippen molar-refractivity contribution < 1.29 is 9.90 Å². The predicted molar refractivity (Wildman–Crippen MR) is 75.9 cm³/mol. The Labute approximate surface area is 113 Å². The Bertz CT molecular complexity index is 393. The maximum atomic E-state index is 11.1. The van der Waals surface area contributed by atoms with Gasteiger partial charge in [-0.3, -0.25) is 4.79 Å². The average molecular weight is 267 g/mol. The van der Waals surface area contributed by atoms with Gasteiger partial charge in [-0.05, 0) is 29.4 Å². The average Bonchev–Trinajstić information content (AvgIpc) is 2.29. The highest BCUT2D eigenvalue weighted by atomic mass is 32.2. The van der Waals surface area contributed by atoms with Gasteiger partial charge >= 0.3 is 5.97 Å². The standard InChI is InChI=1S/C14H21NO2S/c1-4-18-12-7-5-6-11(8-12)9-15-13(10(2)3)14(16)17/h5-8,10,13,15H,4,9H2,1-3H3,(H,16,17)/t13-/m0/s1. The fourth-order valence-corrected chi connectivity index (χ4v) is 2.49. The molecule has 0 radical (unpaired) electrons. The Morgan fingerprint density at radius 1 is 1.44 bits per heavy atom. The minimum Gasteiger partial charge on any atom is -0.480 e. The highest BCUT2D eigenvalue weighted by molar-refractivity contribution is 7.99. The SMILES string of the molecule is CCSc1cccc(CN[C@H](C(=O)O)C(C)C)c1. The van der Waals surface area contributed by atoms with E-state index in [1.54, 1.807) is 11.8 Å². The van der Waals surface area contributed by atoms with Crippen molar-refractivity contribution in [3.63, 3.8) is 0 Å². The minimum atomic E-state index is -0.788. The molecule has 1 rings (SSSR count). The molecule has 1 aromatic carbocycles. The molecule has 3 nitrogen and oxygen atoms in total. The molecule has 1 atom stereocenters. The quantitative estimate of drug-likeness (QED) is 0.746. The van der Waals surface area contributed by atoms with Crippen LogP contribution < -0.4 is 5.32 Å². The summed E-state index contributed by atoms with van der Waals surface area (Å²) in [4.78, 5) is 12.3. The molecule has 0 aromatic heterocycles. The second-order valence-corrected chi connectivity index (χ2v) is 5.86. The predicted octanol–water partition coefficient (Wildman–Crippen LogP) is 3.00. The third-order valence-corrected chi connectivity index (χ3v) is 3.54. The van der Waals surface area contributed by atoms with Gasteiger partial charge in [-0.25, -0.2) is 0 Å². The summed E-state index contributed by atoms with van der Waals surface area (Å²) in [6, 6.07) is 7.73. The fraction of sp³-hybridized carbons (Fsp3) is 0.500. The van der Waals surface area contributed by atoms with Crippen LogP contribution in [-0.2, 0) is 11.3 Å². The van der Waals surface area contributed by atoms with Crippen molar-refractivity contribution in [2.24, 2.45) is 5.92 Å². The van der Waals surface area contributed by atoms with Crippen molar-refractivity contribution in [3.8, 4) is 0 Å². The molecule has 0 fully saturated rings. The number of aliphatic carboxylic acids is 1. The van der Waals surface area contributed by atoms with Crippen molar-refractivity contribution in [2.75, 3.05) is 5.75 Å². The van der Waals surface area contributed by atoms with Crippen LogP contribution in [0.15, 0.2) is 29.2 Å². The van der Waals surface area contributed by atoms with Crippen molar-refractivity contribution in [1.29, 1.82) is 0 Å². The van der Waals surface area contributed by atoms with E-state index >= 15 is 0 Å². The van der Waals surface area contributed by atoms with Gasteiger partial charge in [0.25, 0.3) is 0 Å². The maximum absolute atomic E-state index is 11.1. The number of carboxylic acids is 1. The topological polar surface area (TPSA) is 49.3 Å². The van der Waals surface area contributed by atoms with Gasteiger partial charge in [0.15, 0.2) is 0 Å². The fourth-order valence-electron chi connectivity index (χ4n) is 1.75. The van der Waals surface area contributed by atoms with E-state index in [0.29, 0.717) is 6.54 Å². The molecule has 0 amide bonds. The lowest BCUT2D eigenvalue weighted by Crippen LogP contribution is -2.40. The molecule has 0 bridgehead atoms. The van der Waals surface area contributed by atoms with Crippen molar-refractivity contribution in [1.82, 2.24) is 5.32 Å². The number of nitrogens with one attached hydrogen (secondary N) is 1. The van der Waals surface area contributed by atoms with Gasteiger partial charge in [-0.15, -0.1) is 11.8 Å². The number of benzene rings is 1. The summed E-state index contributed by atoms with van der Waals surface area (Å²) in [6.45, 7) is 6.53. The van der Waals surface area contributed by atoms with Crippen LogP contribution in [0.2, 0.25) is 0 Å². The summed E-state index contributed by atoms with van der Waals surface area (Å²) in [5.41, 5.74) is 1.13. The molecule has 0 aliphatic carbocycles. The van der Waals surface area contributed by atoms with Gasteiger partial charge in [-0.2, -0.15) is 0 Å². The van der Waals surface area contributed by atoms with E-state index in [1.165, 1.54) is 4.90 Å². The largest absolute Gasteiger partial charge is 0.480 e. The maximum Gasteiger partial charge on any atom is 0.320 e. The van der Waals surface area contributed by atoms with E-state index in [0.717, 1.165) is 11.3 Å². The number of carbonyl (C=O) groups is 1. The van der Waals surface area contributed by atoms with Gasteiger partial charge in [-0.1, -0.05) is 32.9 Å². The van der Waals surface area contributed by atoms with E-state index in [1.807, 2.05) is 26.0 Å². The summed E-state index contributed by atoms with van der Waals surface area (Å²) in [5.74, 6) is 0.334. The van der Waals surface area contributed by atoms with E-state index in [-0.39, 0.29) is 5.92 Å². The molecule has 1 aromatic rings. The molecule has 18 heavy (non-hydrogen) atoms. The Morgan fingerprint density at radius 2 is 2.17 bits per heavy atom. The van der Waals surface area contributed by atoms with Crippen LogP contribution in [0.1, 0.15) is 26.3 Å². The molecule has 0 saturated carbocycles. The van der Waals surface area contributed by atoms with E-state index in [9.17, 15) is 4.79 Å². The summed E-state index contributed by atoms with van der Waals surface area (Å²) in [7, 11) is 0. The molecule has 0 spiro atoms. The van der Waals surface area contributed by atoms with Crippen LogP contribution in [0, 0.1) is 5.92 Å². The molecule has 0 aliphatic rings. The number of hydrogen-bond donors (Lipinski definition) is 2. The minimum absolute atomic E-state index is 0.0794.